The van der Waals surface area contributed by atoms with Gasteiger partial charge in [0.25, 0.3) is 0 Å². The summed E-state index contributed by atoms with van der Waals surface area (Å²) >= 11 is 0. The van der Waals surface area contributed by atoms with E-state index in [1.807, 2.05) is 0 Å². The third kappa shape index (κ3) is 3.37. The highest BCUT2D eigenvalue weighted by atomic mass is 15.2. The highest BCUT2D eigenvalue weighted by Gasteiger charge is 2.40. The number of hydrogen-bond acceptors (Lipinski definition) is 2. The summed E-state index contributed by atoms with van der Waals surface area (Å²) in [5.74, 6) is 4.71. The summed E-state index contributed by atoms with van der Waals surface area (Å²) in [6.45, 7) is 7.32. The summed E-state index contributed by atoms with van der Waals surface area (Å²) in [5, 5.41) is 0. The van der Waals surface area contributed by atoms with Gasteiger partial charge in [0, 0.05) is 49.4 Å². The molecule has 0 aromatic carbocycles. The highest BCUT2D eigenvalue weighted by molar-refractivity contribution is 5.51. The smallest absolute Gasteiger partial charge is 0.0364 e. The average Bonchev–Trinajstić information content (AvgIpc) is 3.50. The van der Waals surface area contributed by atoms with Gasteiger partial charge in [0.15, 0.2) is 0 Å². The zero-order valence-electron chi connectivity index (χ0n) is 18.1. The van der Waals surface area contributed by atoms with Crippen molar-refractivity contribution in [3.8, 4) is 0 Å². The van der Waals surface area contributed by atoms with E-state index < -0.39 is 0 Å². The molecule has 6 aliphatic heterocycles. The lowest BCUT2D eigenvalue weighted by Gasteiger charge is -2.48. The van der Waals surface area contributed by atoms with Crippen molar-refractivity contribution >= 4 is 0 Å². The minimum atomic E-state index is 0.390. The van der Waals surface area contributed by atoms with E-state index >= 15 is 0 Å². The van der Waals surface area contributed by atoms with E-state index in [0.29, 0.717) is 11.8 Å². The van der Waals surface area contributed by atoms with Crippen LogP contribution >= 0.6 is 0 Å². The van der Waals surface area contributed by atoms with Crippen molar-refractivity contribution < 1.29 is 0 Å². The van der Waals surface area contributed by atoms with Crippen molar-refractivity contribution in [2.75, 3.05) is 26.2 Å². The standard InChI is InChI=1S/C28H32N2/c1-20-22-10-16-30(17-11-22)28(20)26(23-8-4-5-9-23)19-25-24-12-14-29(15-13-24)27(25)18-21-6-2-3-7-21/h2-9,18-19,22,24,26H,10-17H2,1H3/b25-19+,27-18-. The fourth-order valence-corrected chi connectivity index (χ4v) is 6.42. The SMILES string of the molecule is CC1=C(C(/C=C2/C(=C/[C]3[CH][CH][CH][CH]3)N3CCC2CC3)[C]2[CH][CH][CH][CH]2)N2CCC1CC2. The molecule has 2 nitrogen and oxygen atoms in total. The molecule has 0 N–H and O–H groups in total. The number of rotatable bonds is 4. The van der Waals surface area contributed by atoms with Gasteiger partial charge < -0.3 is 9.80 Å². The van der Waals surface area contributed by atoms with Crippen LogP contribution in [0.15, 0.2) is 34.7 Å². The van der Waals surface area contributed by atoms with Gasteiger partial charge in [-0.1, -0.05) is 17.7 Å². The first-order valence-electron chi connectivity index (χ1n) is 11.9. The Labute approximate surface area is 184 Å². The van der Waals surface area contributed by atoms with Crippen molar-refractivity contribution in [1.82, 2.24) is 9.80 Å². The maximum Gasteiger partial charge on any atom is 0.0364 e. The first-order valence-corrected chi connectivity index (χ1v) is 11.9. The number of nitrogens with zero attached hydrogens (tertiary/aromatic N) is 2. The number of piperidine rings is 4. The third-order valence-electron chi connectivity index (χ3n) is 8.10. The molecule has 6 heterocycles. The highest BCUT2D eigenvalue weighted by Crippen LogP contribution is 2.48. The van der Waals surface area contributed by atoms with Crippen LogP contribution < -0.4 is 0 Å². The fourth-order valence-electron chi connectivity index (χ4n) is 6.42. The van der Waals surface area contributed by atoms with Crippen LogP contribution in [-0.2, 0) is 0 Å². The summed E-state index contributed by atoms with van der Waals surface area (Å²) in [5.41, 5.74) is 6.34. The van der Waals surface area contributed by atoms with E-state index in [0.717, 1.165) is 5.92 Å². The molecular formula is C28H32N2. The average molecular weight is 397 g/mol. The van der Waals surface area contributed by atoms with E-state index in [1.165, 1.54) is 69.4 Å². The molecule has 2 aliphatic carbocycles. The minimum Gasteiger partial charge on any atom is -0.374 e. The van der Waals surface area contributed by atoms with E-state index in [2.05, 4.69) is 80.2 Å². The van der Waals surface area contributed by atoms with Gasteiger partial charge in [-0.15, -0.1) is 0 Å². The molecule has 0 aromatic heterocycles. The zero-order valence-corrected chi connectivity index (χ0v) is 18.1. The lowest BCUT2D eigenvalue weighted by atomic mass is 9.73. The fraction of sp³-hybridized carbons (Fsp3) is 0.429. The molecule has 6 fully saturated rings. The molecule has 0 aromatic rings. The zero-order chi connectivity index (χ0) is 20.1. The van der Waals surface area contributed by atoms with Crippen LogP contribution in [0.4, 0.5) is 0 Å². The Hall–Kier alpha value is -1.18. The van der Waals surface area contributed by atoms with Crippen LogP contribution in [0, 0.1) is 81.0 Å². The van der Waals surface area contributed by atoms with Gasteiger partial charge in [-0.05, 0) is 107 Å². The molecule has 30 heavy (non-hydrogen) atoms. The first-order chi connectivity index (χ1) is 14.8. The summed E-state index contributed by atoms with van der Waals surface area (Å²) in [4.78, 5) is 5.33. The summed E-state index contributed by atoms with van der Waals surface area (Å²) in [6.07, 6.45) is 28.3. The maximum atomic E-state index is 2.70. The van der Waals surface area contributed by atoms with Crippen molar-refractivity contribution in [1.29, 1.82) is 0 Å². The second-order valence-corrected chi connectivity index (χ2v) is 9.66. The third-order valence-corrected chi connectivity index (χ3v) is 8.10. The topological polar surface area (TPSA) is 6.48 Å². The van der Waals surface area contributed by atoms with Crippen LogP contribution in [0.1, 0.15) is 32.6 Å². The number of fused-ring (bicyclic) bond motifs is 5. The van der Waals surface area contributed by atoms with Crippen LogP contribution in [0.25, 0.3) is 0 Å². The quantitative estimate of drug-likeness (QED) is 0.663. The first kappa shape index (κ1) is 19.5. The Morgan fingerprint density at radius 3 is 2.07 bits per heavy atom. The van der Waals surface area contributed by atoms with Crippen molar-refractivity contribution in [3.63, 3.8) is 0 Å². The largest absolute Gasteiger partial charge is 0.374 e. The molecule has 2 saturated carbocycles. The Kier molecular flexibility index (Phi) is 5.24. The summed E-state index contributed by atoms with van der Waals surface area (Å²) < 4.78 is 0. The van der Waals surface area contributed by atoms with E-state index in [4.69, 9.17) is 0 Å². The molecule has 4 bridgehead atoms. The molecular weight excluding hydrogens is 364 g/mol. The van der Waals surface area contributed by atoms with Gasteiger partial charge in [0.2, 0.25) is 0 Å². The lowest BCUT2D eigenvalue weighted by molar-refractivity contribution is 0.189. The minimum absolute atomic E-state index is 0.390. The molecule has 154 valence electrons. The van der Waals surface area contributed by atoms with E-state index in [-0.39, 0.29) is 0 Å². The van der Waals surface area contributed by atoms with Gasteiger partial charge in [-0.3, -0.25) is 0 Å². The van der Waals surface area contributed by atoms with Crippen molar-refractivity contribution in [3.05, 3.63) is 97.9 Å². The van der Waals surface area contributed by atoms with E-state index in [9.17, 15) is 0 Å². The molecule has 8 aliphatic rings. The van der Waals surface area contributed by atoms with Gasteiger partial charge in [0.1, 0.15) is 0 Å². The van der Waals surface area contributed by atoms with Gasteiger partial charge >= 0.3 is 0 Å². The Bertz CT molecular complexity index is 731. The van der Waals surface area contributed by atoms with E-state index in [1.54, 1.807) is 16.8 Å². The molecule has 0 spiro atoms. The van der Waals surface area contributed by atoms with Crippen LogP contribution in [0.5, 0.6) is 0 Å². The predicted octanol–water partition coefficient (Wildman–Crippen LogP) is 4.95. The maximum absolute atomic E-state index is 2.70. The van der Waals surface area contributed by atoms with Gasteiger partial charge in [-0.2, -0.15) is 0 Å². The van der Waals surface area contributed by atoms with Crippen molar-refractivity contribution in [2.24, 2.45) is 17.8 Å². The number of hydrogen-bond donors (Lipinski definition) is 0. The molecule has 1 unspecified atom stereocenters. The van der Waals surface area contributed by atoms with Gasteiger partial charge in [0.05, 0.1) is 0 Å². The Morgan fingerprint density at radius 2 is 1.40 bits per heavy atom. The lowest BCUT2D eigenvalue weighted by Crippen LogP contribution is -2.44. The summed E-state index contributed by atoms with van der Waals surface area (Å²) in [7, 11) is 0. The Balaban J connectivity index is 1.40. The second kappa shape index (κ2) is 8.06. The summed E-state index contributed by atoms with van der Waals surface area (Å²) in [6, 6.07) is 0. The Morgan fingerprint density at radius 1 is 0.800 bits per heavy atom. The number of allylic oxidation sites excluding steroid dienone is 4. The molecule has 2 heteroatoms. The molecule has 8 rings (SSSR count). The normalized spacial score (nSPS) is 32.6. The van der Waals surface area contributed by atoms with Crippen LogP contribution in [0.2, 0.25) is 0 Å². The molecule has 1 atom stereocenters. The molecule has 4 saturated heterocycles. The van der Waals surface area contributed by atoms with Crippen molar-refractivity contribution in [2.45, 2.75) is 32.6 Å². The van der Waals surface area contributed by atoms with Gasteiger partial charge in [-0.25, -0.2) is 0 Å². The monoisotopic (exact) mass is 396 g/mol. The second-order valence-electron chi connectivity index (χ2n) is 9.66. The predicted molar refractivity (Wildman–Crippen MR) is 122 cm³/mol. The molecule has 10 radical (unpaired) electrons. The van der Waals surface area contributed by atoms with Crippen LogP contribution in [-0.4, -0.2) is 36.0 Å². The van der Waals surface area contributed by atoms with Crippen LogP contribution in [0.3, 0.4) is 0 Å². The molecule has 0 amide bonds.